The van der Waals surface area contributed by atoms with Crippen molar-refractivity contribution in [2.45, 2.75) is 53.1 Å². The molecule has 1 aromatic heterocycles. The number of nitrogens with zero attached hydrogens (tertiary/aromatic N) is 1. The number of carbonyl (C=O) groups is 1. The largest absolute Gasteiger partial charge is 0.370 e. The lowest BCUT2D eigenvalue weighted by molar-refractivity contribution is 0.00705. The van der Waals surface area contributed by atoms with E-state index >= 15 is 0 Å². The Bertz CT molecular complexity index is 489. The second-order valence-electron chi connectivity index (χ2n) is 6.47. The van der Waals surface area contributed by atoms with Crippen LogP contribution in [0.2, 0.25) is 0 Å². The summed E-state index contributed by atoms with van der Waals surface area (Å²) in [7, 11) is 1.99. The fourth-order valence-electron chi connectivity index (χ4n) is 3.06. The molecule has 1 saturated carbocycles. The van der Waals surface area contributed by atoms with Crippen molar-refractivity contribution < 1.29 is 9.53 Å². The number of Topliss-reactive ketones (excluding diaryl/α,β-unsaturated/α-hetero) is 1. The summed E-state index contributed by atoms with van der Waals surface area (Å²) in [4.78, 5) is 12.3. The normalized spacial score (nSPS) is 26.8. The van der Waals surface area contributed by atoms with Gasteiger partial charge in [0.05, 0.1) is 6.10 Å². The summed E-state index contributed by atoms with van der Waals surface area (Å²) in [5.41, 5.74) is 2.95. The molecule has 0 aromatic carbocycles. The van der Waals surface area contributed by atoms with Crippen molar-refractivity contribution in [3.05, 3.63) is 23.0 Å². The summed E-state index contributed by atoms with van der Waals surface area (Å²) in [6, 6.07) is 1.96. The van der Waals surface area contributed by atoms with E-state index in [2.05, 4.69) is 18.4 Å². The third-order valence-electron chi connectivity index (χ3n) is 5.08. The first kappa shape index (κ1) is 15.3. The van der Waals surface area contributed by atoms with E-state index in [-0.39, 0.29) is 18.5 Å². The molecule has 0 amide bonds. The van der Waals surface area contributed by atoms with Gasteiger partial charge in [-0.05, 0) is 51.0 Å². The minimum absolute atomic E-state index is 0.109. The lowest BCUT2D eigenvalue weighted by Gasteiger charge is -2.31. The summed E-state index contributed by atoms with van der Waals surface area (Å²) in [6.45, 7) is 8.82. The van der Waals surface area contributed by atoms with E-state index in [1.54, 1.807) is 0 Å². The maximum atomic E-state index is 12.3. The van der Waals surface area contributed by atoms with Crippen LogP contribution in [-0.2, 0) is 11.8 Å². The topological polar surface area (TPSA) is 31.2 Å². The predicted molar refractivity (Wildman–Crippen MR) is 81.1 cm³/mol. The Balaban J connectivity index is 1.91. The first-order chi connectivity index (χ1) is 9.40. The van der Waals surface area contributed by atoms with E-state index in [0.29, 0.717) is 5.92 Å². The molecule has 20 heavy (non-hydrogen) atoms. The molecule has 0 aliphatic heterocycles. The number of ketones is 1. The third kappa shape index (κ3) is 3.14. The Hall–Kier alpha value is -1.09. The highest BCUT2D eigenvalue weighted by molar-refractivity contribution is 5.98. The van der Waals surface area contributed by atoms with Gasteiger partial charge in [0.25, 0.3) is 0 Å². The molecule has 3 unspecified atom stereocenters. The number of aryl methyl sites for hydroxylation is 1. The van der Waals surface area contributed by atoms with E-state index < -0.39 is 0 Å². The summed E-state index contributed by atoms with van der Waals surface area (Å²) in [5, 5.41) is 0. The predicted octanol–water partition coefficient (Wildman–Crippen LogP) is 3.67. The smallest absolute Gasteiger partial charge is 0.190 e. The Labute approximate surface area is 122 Å². The monoisotopic (exact) mass is 277 g/mol. The SMILES string of the molecule is Cc1cc(C(=O)COC2CCC(C)C(C)C2)c(C)n1C. The summed E-state index contributed by atoms with van der Waals surface area (Å²) in [5.74, 6) is 1.59. The maximum Gasteiger partial charge on any atom is 0.190 e. The molecule has 1 aliphatic rings. The van der Waals surface area contributed by atoms with Gasteiger partial charge in [-0.3, -0.25) is 4.79 Å². The minimum Gasteiger partial charge on any atom is -0.370 e. The zero-order chi connectivity index (χ0) is 14.9. The average Bonchev–Trinajstić information content (AvgIpc) is 2.67. The van der Waals surface area contributed by atoms with E-state index in [0.717, 1.165) is 35.7 Å². The van der Waals surface area contributed by atoms with Crippen molar-refractivity contribution in [1.82, 2.24) is 4.57 Å². The Morgan fingerprint density at radius 2 is 2.00 bits per heavy atom. The van der Waals surface area contributed by atoms with Crippen LogP contribution < -0.4 is 0 Å². The number of hydrogen-bond acceptors (Lipinski definition) is 2. The molecule has 0 radical (unpaired) electrons. The van der Waals surface area contributed by atoms with Gasteiger partial charge < -0.3 is 9.30 Å². The van der Waals surface area contributed by atoms with Gasteiger partial charge in [-0.2, -0.15) is 0 Å². The Morgan fingerprint density at radius 1 is 1.30 bits per heavy atom. The molecule has 3 heteroatoms. The highest BCUT2D eigenvalue weighted by Gasteiger charge is 2.26. The quantitative estimate of drug-likeness (QED) is 0.786. The van der Waals surface area contributed by atoms with Crippen molar-refractivity contribution in [2.24, 2.45) is 18.9 Å². The fourth-order valence-corrected chi connectivity index (χ4v) is 3.06. The molecule has 0 N–H and O–H groups in total. The van der Waals surface area contributed by atoms with Crippen LogP contribution >= 0.6 is 0 Å². The van der Waals surface area contributed by atoms with Gasteiger partial charge in [0.15, 0.2) is 5.78 Å². The fraction of sp³-hybridized carbons (Fsp3) is 0.706. The van der Waals surface area contributed by atoms with Crippen LogP contribution in [0.15, 0.2) is 6.07 Å². The van der Waals surface area contributed by atoms with Gasteiger partial charge in [0, 0.05) is 24.0 Å². The summed E-state index contributed by atoms with van der Waals surface area (Å²) in [6.07, 6.45) is 3.64. The van der Waals surface area contributed by atoms with Gasteiger partial charge in [-0.1, -0.05) is 13.8 Å². The molecule has 3 nitrogen and oxygen atoms in total. The van der Waals surface area contributed by atoms with Crippen LogP contribution in [0, 0.1) is 25.7 Å². The van der Waals surface area contributed by atoms with Gasteiger partial charge >= 0.3 is 0 Å². The third-order valence-corrected chi connectivity index (χ3v) is 5.08. The maximum absolute atomic E-state index is 12.3. The number of rotatable bonds is 4. The molecule has 0 bridgehead atoms. The van der Waals surface area contributed by atoms with Crippen molar-refractivity contribution in [2.75, 3.05) is 6.61 Å². The van der Waals surface area contributed by atoms with Crippen molar-refractivity contribution in [1.29, 1.82) is 0 Å². The zero-order valence-electron chi connectivity index (χ0n) is 13.4. The molecule has 2 rings (SSSR count). The molecule has 112 valence electrons. The van der Waals surface area contributed by atoms with Crippen LogP contribution in [0.25, 0.3) is 0 Å². The first-order valence-corrected chi connectivity index (χ1v) is 7.67. The molecule has 1 aromatic rings. The van der Waals surface area contributed by atoms with E-state index in [9.17, 15) is 4.79 Å². The lowest BCUT2D eigenvalue weighted by Crippen LogP contribution is -2.28. The molecule has 0 spiro atoms. The highest BCUT2D eigenvalue weighted by atomic mass is 16.5. The first-order valence-electron chi connectivity index (χ1n) is 7.67. The van der Waals surface area contributed by atoms with Crippen LogP contribution in [0.3, 0.4) is 0 Å². The average molecular weight is 277 g/mol. The molecular formula is C17H27NO2. The van der Waals surface area contributed by atoms with Gasteiger partial charge in [-0.25, -0.2) is 0 Å². The summed E-state index contributed by atoms with van der Waals surface area (Å²) < 4.78 is 7.92. The standard InChI is InChI=1S/C17H27NO2/c1-11-6-7-15(8-12(11)2)20-10-17(19)16-9-13(3)18(5)14(16)4/h9,11-12,15H,6-8,10H2,1-5H3. The molecule has 0 saturated heterocycles. The van der Waals surface area contributed by atoms with Gasteiger partial charge in [0.2, 0.25) is 0 Å². The number of aromatic nitrogens is 1. The zero-order valence-corrected chi connectivity index (χ0v) is 13.4. The van der Waals surface area contributed by atoms with E-state index in [1.165, 1.54) is 6.42 Å². The molecule has 1 heterocycles. The number of hydrogen-bond donors (Lipinski definition) is 0. The van der Waals surface area contributed by atoms with Crippen LogP contribution in [-0.4, -0.2) is 23.1 Å². The summed E-state index contributed by atoms with van der Waals surface area (Å²) >= 11 is 0. The van der Waals surface area contributed by atoms with E-state index in [4.69, 9.17) is 4.74 Å². The highest BCUT2D eigenvalue weighted by Crippen LogP contribution is 2.31. The lowest BCUT2D eigenvalue weighted by atomic mass is 9.80. The van der Waals surface area contributed by atoms with Crippen molar-refractivity contribution >= 4 is 5.78 Å². The van der Waals surface area contributed by atoms with Gasteiger partial charge in [0.1, 0.15) is 6.61 Å². The van der Waals surface area contributed by atoms with Gasteiger partial charge in [-0.15, -0.1) is 0 Å². The second kappa shape index (κ2) is 6.13. The number of carbonyl (C=O) groups excluding carboxylic acids is 1. The number of ether oxygens (including phenoxy) is 1. The minimum atomic E-state index is 0.109. The molecule has 1 aliphatic carbocycles. The molecule has 3 atom stereocenters. The van der Waals surface area contributed by atoms with Crippen molar-refractivity contribution in [3.8, 4) is 0 Å². The second-order valence-corrected chi connectivity index (χ2v) is 6.47. The Kier molecular flexibility index (Phi) is 4.69. The Morgan fingerprint density at radius 3 is 2.55 bits per heavy atom. The molecular weight excluding hydrogens is 250 g/mol. The van der Waals surface area contributed by atoms with Crippen LogP contribution in [0.5, 0.6) is 0 Å². The van der Waals surface area contributed by atoms with E-state index in [1.807, 2.05) is 27.0 Å². The van der Waals surface area contributed by atoms with Crippen LogP contribution in [0.4, 0.5) is 0 Å². The van der Waals surface area contributed by atoms with Crippen molar-refractivity contribution in [3.63, 3.8) is 0 Å². The van der Waals surface area contributed by atoms with Crippen LogP contribution in [0.1, 0.15) is 54.9 Å². The molecule has 1 fully saturated rings.